The second-order valence-corrected chi connectivity index (χ2v) is 10.5. The maximum Gasteiger partial charge on any atom is 0.355 e. The average molecular weight is 474 g/mol. The molecule has 0 spiro atoms. The quantitative estimate of drug-likeness (QED) is 0.306. The number of hydrogen-bond donors (Lipinski definition) is 1. The van der Waals surface area contributed by atoms with E-state index in [4.69, 9.17) is 5.11 Å². The monoisotopic (exact) mass is 473 g/mol. The summed E-state index contributed by atoms with van der Waals surface area (Å²) in [6.07, 6.45) is 5.34. The summed E-state index contributed by atoms with van der Waals surface area (Å²) >= 11 is 2.78. The van der Waals surface area contributed by atoms with Gasteiger partial charge in [0.05, 0.1) is 0 Å². The van der Waals surface area contributed by atoms with Gasteiger partial charge in [-0.15, -0.1) is 11.3 Å². The van der Waals surface area contributed by atoms with Crippen molar-refractivity contribution in [3.63, 3.8) is 0 Å². The Morgan fingerprint density at radius 3 is 2.68 bits per heavy atom. The lowest BCUT2D eigenvalue weighted by Gasteiger charge is -2.41. The van der Waals surface area contributed by atoms with Crippen LogP contribution >= 0.6 is 23.1 Å². The molecular weight excluding hydrogens is 447 g/mol. The van der Waals surface area contributed by atoms with Gasteiger partial charge in [-0.05, 0) is 49.4 Å². The fourth-order valence-electron chi connectivity index (χ4n) is 4.49. The van der Waals surface area contributed by atoms with Crippen LogP contribution in [0.2, 0.25) is 0 Å². The number of aromatic carboxylic acids is 1. The molecule has 170 valence electrons. The Kier molecular flexibility index (Phi) is 8.38. The Hall–Kier alpha value is -1.61. The first-order chi connectivity index (χ1) is 14.8. The van der Waals surface area contributed by atoms with Crippen LogP contribution < -0.4 is 0 Å². The SMILES string of the molecule is CC1C(/C=C/C2CCC(=O)[C@@H]2CCSc2nc(C(=O)O)cs2)C[C@H]1CCC(F)=C(F)F. The van der Waals surface area contributed by atoms with Crippen LogP contribution in [-0.2, 0) is 4.79 Å². The summed E-state index contributed by atoms with van der Waals surface area (Å²) < 4.78 is 38.1. The lowest BCUT2D eigenvalue weighted by Crippen LogP contribution is -2.33. The molecule has 2 aliphatic rings. The second kappa shape index (κ2) is 10.8. The highest BCUT2D eigenvalue weighted by Crippen LogP contribution is 2.45. The van der Waals surface area contributed by atoms with E-state index in [0.717, 1.165) is 19.3 Å². The van der Waals surface area contributed by atoms with Gasteiger partial charge in [0.1, 0.15) is 5.78 Å². The van der Waals surface area contributed by atoms with Gasteiger partial charge >= 0.3 is 12.0 Å². The number of ketones is 1. The highest BCUT2D eigenvalue weighted by molar-refractivity contribution is 8.01. The van der Waals surface area contributed by atoms with Crippen molar-refractivity contribution in [3.05, 3.63) is 35.1 Å². The third kappa shape index (κ3) is 6.22. The molecule has 4 nitrogen and oxygen atoms in total. The van der Waals surface area contributed by atoms with Crippen molar-refractivity contribution in [2.24, 2.45) is 29.6 Å². The molecule has 2 saturated carbocycles. The molecule has 0 radical (unpaired) electrons. The van der Waals surface area contributed by atoms with E-state index in [1.165, 1.54) is 28.5 Å². The summed E-state index contributed by atoms with van der Waals surface area (Å²) in [6, 6.07) is 0. The van der Waals surface area contributed by atoms with Crippen molar-refractivity contribution < 1.29 is 27.9 Å². The number of thiazole rings is 1. The van der Waals surface area contributed by atoms with Gasteiger partial charge in [0.25, 0.3) is 0 Å². The molecular formula is C22H26F3NO3S2. The van der Waals surface area contributed by atoms with E-state index in [1.54, 1.807) is 0 Å². The molecule has 2 aliphatic carbocycles. The van der Waals surface area contributed by atoms with Crippen molar-refractivity contribution in [1.82, 2.24) is 4.98 Å². The maximum atomic E-state index is 13.0. The molecule has 3 unspecified atom stereocenters. The second-order valence-electron chi connectivity index (χ2n) is 8.32. The Morgan fingerprint density at radius 1 is 1.29 bits per heavy atom. The molecule has 1 N–H and O–H groups in total. The number of aromatic nitrogens is 1. The highest BCUT2D eigenvalue weighted by atomic mass is 32.2. The smallest absolute Gasteiger partial charge is 0.355 e. The Labute approximate surface area is 188 Å². The van der Waals surface area contributed by atoms with Gasteiger partial charge in [-0.2, -0.15) is 8.78 Å². The summed E-state index contributed by atoms with van der Waals surface area (Å²) in [6.45, 7) is 2.07. The van der Waals surface area contributed by atoms with Crippen molar-refractivity contribution in [2.75, 3.05) is 5.75 Å². The molecule has 9 heteroatoms. The summed E-state index contributed by atoms with van der Waals surface area (Å²) in [5, 5.41) is 10.5. The van der Waals surface area contributed by atoms with Crippen LogP contribution in [0, 0.1) is 29.6 Å². The van der Waals surface area contributed by atoms with Crippen LogP contribution in [0.4, 0.5) is 13.2 Å². The molecule has 0 amide bonds. The molecule has 2 fully saturated rings. The number of hydrogen-bond acceptors (Lipinski definition) is 5. The molecule has 5 atom stereocenters. The number of carbonyl (C=O) groups excluding carboxylic acids is 1. The van der Waals surface area contributed by atoms with Crippen LogP contribution in [0.25, 0.3) is 0 Å². The zero-order valence-electron chi connectivity index (χ0n) is 17.2. The van der Waals surface area contributed by atoms with E-state index < -0.39 is 17.9 Å². The van der Waals surface area contributed by atoms with Crippen molar-refractivity contribution in [1.29, 1.82) is 0 Å². The first kappa shape index (κ1) is 24.0. The van der Waals surface area contributed by atoms with Crippen LogP contribution in [-0.4, -0.2) is 27.6 Å². The van der Waals surface area contributed by atoms with Crippen LogP contribution in [0.3, 0.4) is 0 Å². The highest BCUT2D eigenvalue weighted by Gasteiger charge is 2.37. The van der Waals surface area contributed by atoms with E-state index in [9.17, 15) is 22.8 Å². The van der Waals surface area contributed by atoms with Gasteiger partial charge in [-0.3, -0.25) is 4.79 Å². The average Bonchev–Trinajstić information content (AvgIpc) is 3.34. The maximum absolute atomic E-state index is 13.0. The zero-order valence-corrected chi connectivity index (χ0v) is 18.9. The third-order valence-corrected chi connectivity index (χ3v) is 8.60. The molecule has 0 saturated heterocycles. The van der Waals surface area contributed by atoms with Gasteiger partial charge in [0.15, 0.2) is 15.9 Å². The van der Waals surface area contributed by atoms with Crippen molar-refractivity contribution in [3.8, 4) is 0 Å². The predicted molar refractivity (Wildman–Crippen MR) is 115 cm³/mol. The van der Waals surface area contributed by atoms with Crippen LogP contribution in [0.1, 0.15) is 55.9 Å². The lowest BCUT2D eigenvalue weighted by molar-refractivity contribution is -0.121. The fraction of sp³-hybridized carbons (Fsp3) is 0.591. The van der Waals surface area contributed by atoms with Crippen LogP contribution in [0.15, 0.2) is 33.8 Å². The lowest BCUT2D eigenvalue weighted by atomic mass is 9.64. The molecule has 0 aliphatic heterocycles. The van der Waals surface area contributed by atoms with Gasteiger partial charge in [0, 0.05) is 29.9 Å². The number of carboxylic acid groups (broad SMARTS) is 1. The topological polar surface area (TPSA) is 67.3 Å². The Balaban J connectivity index is 1.45. The first-order valence-corrected chi connectivity index (χ1v) is 12.3. The number of thioether (sulfide) groups is 1. The van der Waals surface area contributed by atoms with E-state index in [2.05, 4.69) is 24.1 Å². The van der Waals surface area contributed by atoms with Gasteiger partial charge in [0.2, 0.25) is 0 Å². The predicted octanol–water partition coefficient (Wildman–Crippen LogP) is 6.61. The zero-order chi connectivity index (χ0) is 22.5. The van der Waals surface area contributed by atoms with Crippen molar-refractivity contribution >= 4 is 34.9 Å². The summed E-state index contributed by atoms with van der Waals surface area (Å²) in [7, 11) is 0. The molecule has 0 bridgehead atoms. The molecule has 1 heterocycles. The Morgan fingerprint density at radius 2 is 2.03 bits per heavy atom. The molecule has 31 heavy (non-hydrogen) atoms. The third-order valence-electron chi connectivity index (χ3n) is 6.55. The Bertz CT molecular complexity index is 866. The number of nitrogens with zero attached hydrogens (tertiary/aromatic N) is 1. The van der Waals surface area contributed by atoms with Gasteiger partial charge < -0.3 is 5.11 Å². The molecule has 0 aromatic carbocycles. The summed E-state index contributed by atoms with van der Waals surface area (Å²) in [5.41, 5.74) is 0.0479. The summed E-state index contributed by atoms with van der Waals surface area (Å²) in [4.78, 5) is 27.3. The largest absolute Gasteiger partial charge is 0.476 e. The van der Waals surface area contributed by atoms with E-state index >= 15 is 0 Å². The number of allylic oxidation sites excluding steroid dienone is 3. The number of rotatable bonds is 10. The summed E-state index contributed by atoms with van der Waals surface area (Å²) in [5.74, 6) is -0.252. The molecule has 1 aromatic heterocycles. The van der Waals surface area contributed by atoms with E-state index in [0.29, 0.717) is 34.8 Å². The number of Topliss-reactive ketones (excluding diaryl/α,β-unsaturated/α-hetero) is 1. The first-order valence-electron chi connectivity index (χ1n) is 10.5. The number of carbonyl (C=O) groups is 2. The van der Waals surface area contributed by atoms with E-state index in [-0.39, 0.29) is 35.7 Å². The normalized spacial score (nSPS) is 28.1. The molecule has 3 rings (SSSR count). The van der Waals surface area contributed by atoms with E-state index in [1.807, 2.05) is 0 Å². The van der Waals surface area contributed by atoms with Crippen molar-refractivity contribution in [2.45, 2.75) is 49.8 Å². The van der Waals surface area contributed by atoms with Crippen LogP contribution in [0.5, 0.6) is 0 Å². The fourth-order valence-corrected chi connectivity index (χ4v) is 6.39. The van der Waals surface area contributed by atoms with Gasteiger partial charge in [-0.25, -0.2) is 14.2 Å². The van der Waals surface area contributed by atoms with Gasteiger partial charge in [-0.1, -0.05) is 30.8 Å². The number of carboxylic acids is 1. The minimum absolute atomic E-state index is 0.0272. The standard InChI is InChI=1S/C22H26F3NO3S2/c1-12-14(10-15(12)4-6-17(23)20(24)25)3-2-13-5-7-19(27)16(13)8-9-30-22-26-18(11-31-22)21(28)29/h2-3,11-16H,4-10H2,1H3,(H,28,29)/b3-2+/t12?,13?,14?,15-,16-/m1/s1. The number of halogens is 3. The molecule has 1 aromatic rings. The minimum Gasteiger partial charge on any atom is -0.476 e. The minimum atomic E-state index is -2.21.